The van der Waals surface area contributed by atoms with E-state index in [1.165, 1.54) is 5.56 Å². The molecule has 2 aromatic carbocycles. The minimum atomic E-state index is -3.86. The van der Waals surface area contributed by atoms with Crippen LogP contribution >= 0.6 is 11.3 Å². The molecule has 0 fully saturated rings. The van der Waals surface area contributed by atoms with Crippen LogP contribution in [-0.4, -0.2) is 24.5 Å². The quantitative estimate of drug-likeness (QED) is 0.557. The van der Waals surface area contributed by atoms with E-state index in [-0.39, 0.29) is 15.4 Å². The second-order valence-corrected chi connectivity index (χ2v) is 9.50. The molecule has 2 N–H and O–H groups in total. The van der Waals surface area contributed by atoms with E-state index in [2.05, 4.69) is 27.2 Å². The Morgan fingerprint density at radius 3 is 2.34 bits per heavy atom. The van der Waals surface area contributed by atoms with E-state index >= 15 is 0 Å². The third-order valence-corrected chi connectivity index (χ3v) is 7.14. The van der Waals surface area contributed by atoms with Crippen molar-refractivity contribution in [1.82, 2.24) is 14.9 Å². The zero-order valence-electron chi connectivity index (χ0n) is 16.3. The van der Waals surface area contributed by atoms with Gasteiger partial charge in [-0.15, -0.1) is 10.2 Å². The van der Waals surface area contributed by atoms with E-state index in [9.17, 15) is 13.2 Å². The summed E-state index contributed by atoms with van der Waals surface area (Å²) in [6.45, 7) is 5.75. The fourth-order valence-electron chi connectivity index (χ4n) is 2.64. The van der Waals surface area contributed by atoms with Crippen LogP contribution in [0.5, 0.6) is 0 Å². The van der Waals surface area contributed by atoms with Crippen molar-refractivity contribution in [3.05, 3.63) is 70.8 Å². The number of nitrogens with one attached hydrogen (secondary N) is 2. The number of aromatic nitrogens is 2. The number of hydrogen-bond donors (Lipinski definition) is 2. The number of benzene rings is 2. The van der Waals surface area contributed by atoms with Crippen molar-refractivity contribution in [2.24, 2.45) is 0 Å². The van der Waals surface area contributed by atoms with Crippen LogP contribution in [0.4, 0.5) is 5.13 Å². The van der Waals surface area contributed by atoms with Crippen molar-refractivity contribution in [1.29, 1.82) is 0 Å². The van der Waals surface area contributed by atoms with Crippen LogP contribution < -0.4 is 10.0 Å². The van der Waals surface area contributed by atoms with Crippen LogP contribution in [0.15, 0.2) is 52.9 Å². The second-order valence-electron chi connectivity index (χ2n) is 6.63. The van der Waals surface area contributed by atoms with Crippen molar-refractivity contribution in [2.45, 2.75) is 37.6 Å². The Morgan fingerprint density at radius 2 is 1.72 bits per heavy atom. The number of carbonyl (C=O) groups is 1. The lowest BCUT2D eigenvalue weighted by Gasteiger charge is -2.13. The molecule has 0 saturated carbocycles. The number of hydrogen-bond acceptors (Lipinski definition) is 6. The average Bonchev–Trinajstić information content (AvgIpc) is 3.17. The molecular weight excluding hydrogens is 408 g/mol. The normalized spacial score (nSPS) is 12.5. The largest absolute Gasteiger partial charge is 0.296 e. The zero-order chi connectivity index (χ0) is 21.0. The van der Waals surface area contributed by atoms with Gasteiger partial charge in [-0.1, -0.05) is 60.2 Å². The van der Waals surface area contributed by atoms with Gasteiger partial charge in [-0.2, -0.15) is 0 Å². The molecule has 7 nitrogen and oxygen atoms in total. The number of rotatable bonds is 7. The molecule has 0 aliphatic heterocycles. The molecule has 0 unspecified atom stereocenters. The fourth-order valence-corrected chi connectivity index (χ4v) is 4.78. The van der Waals surface area contributed by atoms with Gasteiger partial charge in [-0.05, 0) is 43.5 Å². The third kappa shape index (κ3) is 5.26. The van der Waals surface area contributed by atoms with Crippen LogP contribution in [0.25, 0.3) is 0 Å². The first-order valence-corrected chi connectivity index (χ1v) is 11.4. The molecule has 152 valence electrons. The molecule has 1 aromatic heterocycles. The first-order chi connectivity index (χ1) is 13.8. The predicted octanol–water partition coefficient (Wildman–Crippen LogP) is 3.70. The summed E-state index contributed by atoms with van der Waals surface area (Å²) < 4.78 is 27.7. The molecule has 1 amide bonds. The van der Waals surface area contributed by atoms with Crippen LogP contribution in [0.3, 0.4) is 0 Å². The topological polar surface area (TPSA) is 101 Å². The van der Waals surface area contributed by atoms with E-state index in [1.807, 2.05) is 43.3 Å². The van der Waals surface area contributed by atoms with E-state index in [4.69, 9.17) is 0 Å². The summed E-state index contributed by atoms with van der Waals surface area (Å²) >= 11 is 0.805. The van der Waals surface area contributed by atoms with Gasteiger partial charge in [0.15, 0.2) is 0 Å². The van der Waals surface area contributed by atoms with E-state index in [0.29, 0.717) is 5.56 Å². The second kappa shape index (κ2) is 8.81. The van der Waals surface area contributed by atoms with Crippen molar-refractivity contribution in [2.75, 3.05) is 5.32 Å². The molecule has 0 spiro atoms. The first kappa shape index (κ1) is 21.1. The molecule has 0 bridgehead atoms. The number of anilines is 1. The Morgan fingerprint density at radius 1 is 1.07 bits per heavy atom. The highest BCUT2D eigenvalue weighted by Gasteiger charge is 2.24. The van der Waals surface area contributed by atoms with Crippen LogP contribution in [0.2, 0.25) is 0 Å². The maximum absolute atomic E-state index is 12.6. The summed E-state index contributed by atoms with van der Waals surface area (Å²) in [5.74, 6) is -0.373. The number of aryl methyl sites for hydroxylation is 2. The lowest BCUT2D eigenvalue weighted by molar-refractivity contribution is 0.102. The highest BCUT2D eigenvalue weighted by Crippen LogP contribution is 2.23. The Hall–Kier alpha value is -2.62. The maximum Gasteiger partial charge on any atom is 0.270 e. The van der Waals surface area contributed by atoms with Gasteiger partial charge < -0.3 is 0 Å². The molecule has 3 rings (SSSR count). The van der Waals surface area contributed by atoms with Crippen LogP contribution in [0, 0.1) is 6.92 Å². The molecule has 0 aliphatic carbocycles. The van der Waals surface area contributed by atoms with E-state index in [1.54, 1.807) is 19.1 Å². The van der Waals surface area contributed by atoms with Gasteiger partial charge in [-0.3, -0.25) is 10.1 Å². The third-order valence-electron chi connectivity index (χ3n) is 4.39. The summed E-state index contributed by atoms with van der Waals surface area (Å²) in [6, 6.07) is 14.4. The molecule has 0 saturated heterocycles. The smallest absolute Gasteiger partial charge is 0.270 e. The first-order valence-electron chi connectivity index (χ1n) is 9.11. The number of carbonyl (C=O) groups excluding carboxylic acids is 1. The van der Waals surface area contributed by atoms with Crippen LogP contribution in [-0.2, 0) is 16.4 Å². The SMILES string of the molecule is CCc1ccc([C@@H](C)NS(=O)(=O)c2nnc(NC(=O)c3ccc(C)cc3)s2)cc1. The zero-order valence-corrected chi connectivity index (χ0v) is 18.0. The number of nitrogens with zero attached hydrogens (tertiary/aromatic N) is 2. The van der Waals surface area contributed by atoms with Crippen LogP contribution in [0.1, 0.15) is 46.9 Å². The van der Waals surface area contributed by atoms with Gasteiger partial charge in [0.2, 0.25) is 9.47 Å². The highest BCUT2D eigenvalue weighted by molar-refractivity contribution is 7.91. The molecule has 1 heterocycles. The lowest BCUT2D eigenvalue weighted by atomic mass is 10.1. The number of sulfonamides is 1. The summed E-state index contributed by atoms with van der Waals surface area (Å²) in [4.78, 5) is 12.3. The Labute approximate surface area is 174 Å². The van der Waals surface area contributed by atoms with Gasteiger partial charge in [-0.25, -0.2) is 13.1 Å². The van der Waals surface area contributed by atoms with Gasteiger partial charge in [0.25, 0.3) is 15.9 Å². The van der Waals surface area contributed by atoms with Gasteiger partial charge >= 0.3 is 0 Å². The minimum absolute atomic E-state index is 0.121. The predicted molar refractivity (Wildman–Crippen MR) is 114 cm³/mol. The maximum atomic E-state index is 12.6. The molecule has 29 heavy (non-hydrogen) atoms. The molecule has 1 atom stereocenters. The monoisotopic (exact) mass is 430 g/mol. The summed E-state index contributed by atoms with van der Waals surface area (Å²) in [7, 11) is -3.86. The molecule has 0 aliphatic rings. The van der Waals surface area contributed by atoms with Crippen molar-refractivity contribution < 1.29 is 13.2 Å². The Kier molecular flexibility index (Phi) is 6.41. The van der Waals surface area contributed by atoms with Crippen molar-refractivity contribution >= 4 is 32.4 Å². The van der Waals surface area contributed by atoms with Gasteiger partial charge in [0, 0.05) is 11.6 Å². The number of amides is 1. The Balaban J connectivity index is 1.69. The van der Waals surface area contributed by atoms with Gasteiger partial charge in [0.1, 0.15) is 0 Å². The Bertz CT molecular complexity index is 1090. The molecular formula is C20H22N4O3S2. The van der Waals surface area contributed by atoms with E-state index in [0.717, 1.165) is 28.9 Å². The van der Waals surface area contributed by atoms with Crippen molar-refractivity contribution in [3.63, 3.8) is 0 Å². The molecule has 9 heteroatoms. The van der Waals surface area contributed by atoms with E-state index < -0.39 is 16.1 Å². The molecule has 3 aromatic rings. The van der Waals surface area contributed by atoms with Gasteiger partial charge in [0.05, 0.1) is 0 Å². The summed E-state index contributed by atoms with van der Waals surface area (Å²) in [6.07, 6.45) is 0.919. The fraction of sp³-hybridized carbons (Fsp3) is 0.250. The van der Waals surface area contributed by atoms with Crippen molar-refractivity contribution in [3.8, 4) is 0 Å². The molecule has 0 radical (unpaired) electrons. The average molecular weight is 431 g/mol. The minimum Gasteiger partial charge on any atom is -0.296 e. The summed E-state index contributed by atoms with van der Waals surface area (Å²) in [5, 5.41) is 10.2. The summed E-state index contributed by atoms with van der Waals surface area (Å²) in [5.41, 5.74) is 3.53. The standard InChI is InChI=1S/C20H22N4O3S2/c1-4-15-7-11-16(12-8-15)14(3)24-29(26,27)20-23-22-19(28-20)21-18(25)17-9-5-13(2)6-10-17/h5-12,14,24H,4H2,1-3H3,(H,21,22,25)/t14-/m1/s1. The highest BCUT2D eigenvalue weighted by atomic mass is 32.2. The lowest BCUT2D eigenvalue weighted by Crippen LogP contribution is -2.26.